The molecule has 0 N–H and O–H groups in total. The van der Waals surface area contributed by atoms with E-state index >= 15 is 0 Å². The first kappa shape index (κ1) is 16.0. The quantitative estimate of drug-likeness (QED) is 0.731. The van der Waals surface area contributed by atoms with Crippen LogP contribution in [-0.4, -0.2) is 12.1 Å². The summed E-state index contributed by atoms with van der Waals surface area (Å²) in [5, 5.41) is 0. The van der Waals surface area contributed by atoms with E-state index < -0.39 is 0 Å². The van der Waals surface area contributed by atoms with Crippen LogP contribution >= 0.6 is 0 Å². The van der Waals surface area contributed by atoms with Gasteiger partial charge in [-0.1, -0.05) is 26.8 Å². The molecule has 3 heteroatoms. The van der Waals surface area contributed by atoms with Crippen LogP contribution in [-0.2, 0) is 6.42 Å². The molecule has 2 nitrogen and oxygen atoms in total. The molecule has 1 aromatic carbocycles. The summed E-state index contributed by atoms with van der Waals surface area (Å²) in [6.07, 6.45) is 3.34. The maximum atomic E-state index is 14.2. The summed E-state index contributed by atoms with van der Waals surface area (Å²) in [6, 6.07) is 7.66. The molecule has 0 aliphatic heterocycles. The molecule has 0 radical (unpaired) electrons. The molecule has 23 heavy (non-hydrogen) atoms. The molecule has 1 heterocycles. The fourth-order valence-electron chi connectivity index (χ4n) is 3.03. The minimum Gasteiger partial charge on any atom is -0.496 e. The molecule has 122 valence electrons. The van der Waals surface area contributed by atoms with Gasteiger partial charge in [-0.2, -0.15) is 0 Å². The van der Waals surface area contributed by atoms with Crippen molar-refractivity contribution in [2.24, 2.45) is 0 Å². The molecule has 2 aromatic rings. The van der Waals surface area contributed by atoms with Gasteiger partial charge in [0.15, 0.2) is 0 Å². The predicted molar refractivity (Wildman–Crippen MR) is 91.6 cm³/mol. The van der Waals surface area contributed by atoms with Gasteiger partial charge < -0.3 is 4.74 Å². The van der Waals surface area contributed by atoms with Gasteiger partial charge in [0.1, 0.15) is 11.6 Å². The topological polar surface area (TPSA) is 22.1 Å². The van der Waals surface area contributed by atoms with Gasteiger partial charge in [-0.15, -0.1) is 0 Å². The van der Waals surface area contributed by atoms with Crippen LogP contribution in [0.3, 0.4) is 0 Å². The lowest BCUT2D eigenvalue weighted by Gasteiger charge is -2.16. The molecule has 0 amide bonds. The Morgan fingerprint density at radius 3 is 2.52 bits per heavy atom. The molecule has 1 aromatic heterocycles. The van der Waals surface area contributed by atoms with Crippen molar-refractivity contribution in [2.45, 2.75) is 51.9 Å². The van der Waals surface area contributed by atoms with Crippen LogP contribution in [0.25, 0.3) is 11.1 Å². The van der Waals surface area contributed by atoms with Crippen LogP contribution in [0.5, 0.6) is 5.75 Å². The third kappa shape index (κ3) is 3.10. The Morgan fingerprint density at radius 1 is 1.22 bits per heavy atom. The molecule has 0 bridgehead atoms. The number of pyridine rings is 1. The van der Waals surface area contributed by atoms with Crippen molar-refractivity contribution >= 4 is 0 Å². The second-order valence-corrected chi connectivity index (χ2v) is 6.59. The first-order chi connectivity index (χ1) is 11.0. The summed E-state index contributed by atoms with van der Waals surface area (Å²) < 4.78 is 19.7. The van der Waals surface area contributed by atoms with E-state index in [1.165, 1.54) is 24.6 Å². The third-order valence-corrected chi connectivity index (χ3v) is 4.56. The minimum absolute atomic E-state index is 0.128. The number of methoxy groups -OCH3 is 1. The number of nitrogens with zero attached hydrogens (tertiary/aromatic N) is 1. The molecule has 0 saturated heterocycles. The number of rotatable bonds is 5. The fraction of sp³-hybridized carbons (Fsp3) is 0.450. The minimum atomic E-state index is -0.207. The molecule has 1 aliphatic rings. The number of hydrogen-bond donors (Lipinski definition) is 0. The second-order valence-electron chi connectivity index (χ2n) is 6.59. The van der Waals surface area contributed by atoms with Crippen LogP contribution in [0.4, 0.5) is 4.39 Å². The molecule has 1 saturated carbocycles. The standard InChI is InChI=1S/C20H24FNO/c1-5-18-14(8-9-19(22-18)13-6-7-13)16-10-15(12(2)3)17(21)11-20(16)23-4/h8-13H,5-7H2,1-4H3. The van der Waals surface area contributed by atoms with E-state index in [2.05, 4.69) is 19.1 Å². The lowest BCUT2D eigenvalue weighted by molar-refractivity contribution is 0.412. The highest BCUT2D eigenvalue weighted by Crippen LogP contribution is 2.41. The number of benzene rings is 1. The van der Waals surface area contributed by atoms with Crippen LogP contribution < -0.4 is 4.74 Å². The van der Waals surface area contributed by atoms with E-state index in [-0.39, 0.29) is 11.7 Å². The van der Waals surface area contributed by atoms with Crippen molar-refractivity contribution in [1.82, 2.24) is 4.98 Å². The number of halogens is 1. The number of ether oxygens (including phenoxy) is 1. The van der Waals surface area contributed by atoms with Crippen molar-refractivity contribution in [2.75, 3.05) is 7.11 Å². The molecule has 1 aliphatic carbocycles. The van der Waals surface area contributed by atoms with Gasteiger partial charge in [-0.25, -0.2) is 4.39 Å². The van der Waals surface area contributed by atoms with E-state index in [0.29, 0.717) is 17.2 Å². The highest BCUT2D eigenvalue weighted by Gasteiger charge is 2.26. The maximum absolute atomic E-state index is 14.2. The Balaban J connectivity index is 2.14. The lowest BCUT2D eigenvalue weighted by atomic mass is 9.94. The fourth-order valence-corrected chi connectivity index (χ4v) is 3.03. The van der Waals surface area contributed by atoms with E-state index in [4.69, 9.17) is 9.72 Å². The molecule has 0 unspecified atom stereocenters. The second kappa shape index (κ2) is 6.31. The van der Waals surface area contributed by atoms with Gasteiger partial charge in [0.25, 0.3) is 0 Å². The average Bonchev–Trinajstić information content (AvgIpc) is 3.38. The highest BCUT2D eigenvalue weighted by molar-refractivity contribution is 5.73. The highest BCUT2D eigenvalue weighted by atomic mass is 19.1. The van der Waals surface area contributed by atoms with Crippen molar-refractivity contribution < 1.29 is 9.13 Å². The summed E-state index contributed by atoms with van der Waals surface area (Å²) in [5.74, 6) is 1.13. The van der Waals surface area contributed by atoms with Gasteiger partial charge in [0.2, 0.25) is 0 Å². The Hall–Kier alpha value is -1.90. The Morgan fingerprint density at radius 2 is 1.96 bits per heavy atom. The summed E-state index contributed by atoms with van der Waals surface area (Å²) in [6.45, 7) is 6.12. The van der Waals surface area contributed by atoms with Gasteiger partial charge in [-0.3, -0.25) is 4.98 Å². The van der Waals surface area contributed by atoms with Crippen LogP contribution in [0.15, 0.2) is 24.3 Å². The smallest absolute Gasteiger partial charge is 0.130 e. The van der Waals surface area contributed by atoms with Crippen molar-refractivity contribution in [1.29, 1.82) is 0 Å². The normalized spacial score (nSPS) is 14.3. The van der Waals surface area contributed by atoms with Crippen molar-refractivity contribution in [3.05, 3.63) is 47.0 Å². The number of hydrogen-bond acceptors (Lipinski definition) is 2. The predicted octanol–water partition coefficient (Wildman–Crippen LogP) is 5.46. The first-order valence-corrected chi connectivity index (χ1v) is 8.42. The third-order valence-electron chi connectivity index (χ3n) is 4.56. The van der Waals surface area contributed by atoms with Gasteiger partial charge >= 0.3 is 0 Å². The lowest BCUT2D eigenvalue weighted by Crippen LogP contribution is -2.01. The summed E-state index contributed by atoms with van der Waals surface area (Å²) in [5.41, 5.74) is 4.96. The summed E-state index contributed by atoms with van der Waals surface area (Å²) in [4.78, 5) is 4.85. The summed E-state index contributed by atoms with van der Waals surface area (Å²) in [7, 11) is 1.59. The maximum Gasteiger partial charge on any atom is 0.130 e. The zero-order valence-electron chi connectivity index (χ0n) is 14.3. The van der Waals surface area contributed by atoms with E-state index in [1.807, 2.05) is 19.9 Å². The van der Waals surface area contributed by atoms with E-state index in [0.717, 1.165) is 23.2 Å². The van der Waals surface area contributed by atoms with Crippen molar-refractivity contribution in [3.8, 4) is 16.9 Å². The number of aryl methyl sites for hydroxylation is 1. The van der Waals surface area contributed by atoms with E-state index in [9.17, 15) is 4.39 Å². The molecule has 0 atom stereocenters. The molecule has 3 rings (SSSR count). The van der Waals surface area contributed by atoms with Crippen molar-refractivity contribution in [3.63, 3.8) is 0 Å². The Bertz CT molecular complexity index is 720. The first-order valence-electron chi connectivity index (χ1n) is 8.42. The van der Waals surface area contributed by atoms with Crippen LogP contribution in [0, 0.1) is 5.82 Å². The van der Waals surface area contributed by atoms with Gasteiger partial charge in [0.05, 0.1) is 7.11 Å². The van der Waals surface area contributed by atoms with Crippen LogP contribution in [0.2, 0.25) is 0 Å². The SMILES string of the molecule is CCc1nc(C2CC2)ccc1-c1cc(C(C)C)c(F)cc1OC. The summed E-state index contributed by atoms with van der Waals surface area (Å²) >= 11 is 0. The molecule has 0 spiro atoms. The Labute approximate surface area is 137 Å². The Kier molecular flexibility index (Phi) is 4.38. The van der Waals surface area contributed by atoms with E-state index in [1.54, 1.807) is 7.11 Å². The monoisotopic (exact) mass is 313 g/mol. The van der Waals surface area contributed by atoms with Gasteiger partial charge in [-0.05, 0) is 42.9 Å². The number of aromatic nitrogens is 1. The largest absolute Gasteiger partial charge is 0.496 e. The average molecular weight is 313 g/mol. The zero-order valence-corrected chi connectivity index (χ0v) is 14.3. The molecular weight excluding hydrogens is 289 g/mol. The molecular formula is C20H24FNO. The zero-order chi connectivity index (χ0) is 16.6. The van der Waals surface area contributed by atoms with Gasteiger partial charge in [0, 0.05) is 34.5 Å². The molecule has 1 fully saturated rings. The van der Waals surface area contributed by atoms with Crippen LogP contribution in [0.1, 0.15) is 62.4 Å².